The zero-order valence-electron chi connectivity index (χ0n) is 8.49. The van der Waals surface area contributed by atoms with E-state index in [1.807, 2.05) is 24.3 Å². The van der Waals surface area contributed by atoms with E-state index in [-0.39, 0.29) is 5.78 Å². The number of ether oxygens (including phenoxy) is 1. The van der Waals surface area contributed by atoms with Gasteiger partial charge in [0, 0.05) is 12.0 Å². The first kappa shape index (κ1) is 9.41. The molecule has 1 aromatic carbocycles. The van der Waals surface area contributed by atoms with Crippen LogP contribution in [0.25, 0.3) is 0 Å². The summed E-state index contributed by atoms with van der Waals surface area (Å²) in [6.07, 6.45) is 1.75. The van der Waals surface area contributed by atoms with Crippen molar-refractivity contribution in [3.05, 3.63) is 35.4 Å². The Morgan fingerprint density at radius 2 is 1.93 bits per heavy atom. The Labute approximate surface area is 83.9 Å². The molecule has 2 atom stereocenters. The van der Waals surface area contributed by atoms with Crippen LogP contribution >= 0.6 is 0 Å². The fourth-order valence-electron chi connectivity index (χ4n) is 1.55. The minimum absolute atomic E-state index is 0.118. The van der Waals surface area contributed by atoms with Gasteiger partial charge in [0.1, 0.15) is 0 Å². The molecule has 1 aliphatic rings. The molecule has 0 saturated carbocycles. The van der Waals surface area contributed by atoms with Crippen LogP contribution in [0.2, 0.25) is 0 Å². The van der Waals surface area contributed by atoms with Crippen molar-refractivity contribution in [1.29, 1.82) is 0 Å². The molecule has 2 unspecified atom stereocenters. The van der Waals surface area contributed by atoms with E-state index in [9.17, 15) is 4.79 Å². The van der Waals surface area contributed by atoms with Crippen molar-refractivity contribution >= 4 is 5.78 Å². The van der Waals surface area contributed by atoms with Gasteiger partial charge >= 0.3 is 0 Å². The third kappa shape index (κ3) is 2.02. The molecule has 0 aliphatic carbocycles. The van der Waals surface area contributed by atoms with Crippen LogP contribution in [-0.4, -0.2) is 18.0 Å². The van der Waals surface area contributed by atoms with Gasteiger partial charge in [-0.2, -0.15) is 0 Å². The zero-order valence-corrected chi connectivity index (χ0v) is 8.49. The molecule has 0 amide bonds. The number of benzene rings is 1. The molecule has 2 heteroatoms. The van der Waals surface area contributed by atoms with Crippen molar-refractivity contribution in [2.24, 2.45) is 0 Å². The van der Waals surface area contributed by atoms with Gasteiger partial charge < -0.3 is 4.74 Å². The maximum absolute atomic E-state index is 11.0. The third-order valence-electron chi connectivity index (χ3n) is 2.63. The first-order valence-electron chi connectivity index (χ1n) is 4.92. The largest absolute Gasteiger partial charge is 0.370 e. The van der Waals surface area contributed by atoms with Gasteiger partial charge in [-0.25, -0.2) is 0 Å². The molecule has 1 saturated heterocycles. The van der Waals surface area contributed by atoms with Crippen LogP contribution in [0.15, 0.2) is 24.3 Å². The summed E-state index contributed by atoms with van der Waals surface area (Å²) in [7, 11) is 0. The smallest absolute Gasteiger partial charge is 0.159 e. The lowest BCUT2D eigenvalue weighted by Crippen LogP contribution is -1.97. The molecule has 0 spiro atoms. The van der Waals surface area contributed by atoms with E-state index in [4.69, 9.17) is 4.74 Å². The van der Waals surface area contributed by atoms with Gasteiger partial charge in [0.25, 0.3) is 0 Å². The average Bonchev–Trinajstić information content (AvgIpc) is 2.82. The lowest BCUT2D eigenvalue weighted by atomic mass is 10.0. The van der Waals surface area contributed by atoms with E-state index in [1.165, 1.54) is 5.56 Å². The number of ketones is 1. The van der Waals surface area contributed by atoms with Crippen LogP contribution in [0.5, 0.6) is 0 Å². The zero-order chi connectivity index (χ0) is 10.1. The number of carbonyl (C=O) groups excluding carboxylic acids is 1. The molecule has 74 valence electrons. The highest BCUT2D eigenvalue weighted by molar-refractivity contribution is 5.93. The molecule has 1 aromatic rings. The molecule has 1 aliphatic heterocycles. The quantitative estimate of drug-likeness (QED) is 0.540. The Morgan fingerprint density at radius 1 is 1.36 bits per heavy atom. The Kier molecular flexibility index (Phi) is 2.38. The van der Waals surface area contributed by atoms with E-state index >= 15 is 0 Å². The van der Waals surface area contributed by atoms with Crippen molar-refractivity contribution in [2.75, 3.05) is 0 Å². The van der Waals surface area contributed by atoms with Crippen LogP contribution < -0.4 is 0 Å². The molecule has 2 nitrogen and oxygen atoms in total. The lowest BCUT2D eigenvalue weighted by molar-refractivity contribution is 0.101. The summed E-state index contributed by atoms with van der Waals surface area (Å²) < 4.78 is 5.33. The van der Waals surface area contributed by atoms with Crippen LogP contribution in [0.3, 0.4) is 0 Å². The topological polar surface area (TPSA) is 29.6 Å². The van der Waals surface area contributed by atoms with E-state index in [2.05, 4.69) is 6.92 Å². The Bertz CT molecular complexity index is 340. The van der Waals surface area contributed by atoms with Crippen molar-refractivity contribution in [3.63, 3.8) is 0 Å². The number of carbonyl (C=O) groups is 1. The van der Waals surface area contributed by atoms with Gasteiger partial charge in [-0.1, -0.05) is 24.3 Å². The summed E-state index contributed by atoms with van der Waals surface area (Å²) in [5, 5.41) is 0. The minimum atomic E-state index is 0.118. The van der Waals surface area contributed by atoms with Gasteiger partial charge in [-0.3, -0.25) is 4.79 Å². The molecule has 1 fully saturated rings. The minimum Gasteiger partial charge on any atom is -0.370 e. The molecular weight excluding hydrogens is 176 g/mol. The summed E-state index contributed by atoms with van der Waals surface area (Å²) in [6, 6.07) is 7.77. The number of Topliss-reactive ketones (excluding diaryl/α,β-unsaturated/α-hetero) is 1. The molecule has 0 aromatic heterocycles. The first-order chi connectivity index (χ1) is 6.66. The normalized spacial score (nSPS) is 24.7. The number of hydrogen-bond donors (Lipinski definition) is 0. The maximum atomic E-state index is 11.0. The predicted octanol–water partition coefficient (Wildman–Crippen LogP) is 2.22. The van der Waals surface area contributed by atoms with E-state index in [0.29, 0.717) is 12.2 Å². The van der Waals surface area contributed by atoms with Crippen molar-refractivity contribution in [1.82, 2.24) is 0 Å². The highest BCUT2D eigenvalue weighted by atomic mass is 16.6. The lowest BCUT2D eigenvalue weighted by Gasteiger charge is -1.99. The summed E-state index contributed by atoms with van der Waals surface area (Å²) >= 11 is 0. The first-order valence-corrected chi connectivity index (χ1v) is 4.92. The van der Waals surface area contributed by atoms with Gasteiger partial charge in [0.2, 0.25) is 0 Å². The molecule has 1 heterocycles. The van der Waals surface area contributed by atoms with Crippen LogP contribution in [0.4, 0.5) is 0 Å². The fourth-order valence-corrected chi connectivity index (χ4v) is 1.55. The van der Waals surface area contributed by atoms with E-state index in [0.717, 1.165) is 12.0 Å². The van der Waals surface area contributed by atoms with Gasteiger partial charge in [0.05, 0.1) is 12.2 Å². The SMILES string of the molecule is CC(=O)c1ccc(CC2OC2C)cc1. The van der Waals surface area contributed by atoms with E-state index in [1.54, 1.807) is 6.92 Å². The summed E-state index contributed by atoms with van der Waals surface area (Å²) in [6.45, 7) is 3.66. The highest BCUT2D eigenvalue weighted by Crippen LogP contribution is 2.25. The Hall–Kier alpha value is -1.15. The van der Waals surface area contributed by atoms with Crippen molar-refractivity contribution < 1.29 is 9.53 Å². The Morgan fingerprint density at radius 3 is 2.36 bits per heavy atom. The molecule has 14 heavy (non-hydrogen) atoms. The summed E-state index contributed by atoms with van der Waals surface area (Å²) in [5.74, 6) is 0.118. The van der Waals surface area contributed by atoms with Gasteiger partial charge in [-0.15, -0.1) is 0 Å². The monoisotopic (exact) mass is 190 g/mol. The van der Waals surface area contributed by atoms with Gasteiger partial charge in [0.15, 0.2) is 5.78 Å². The number of hydrogen-bond acceptors (Lipinski definition) is 2. The number of epoxide rings is 1. The second kappa shape index (κ2) is 3.54. The third-order valence-corrected chi connectivity index (χ3v) is 2.63. The summed E-state index contributed by atoms with van der Waals surface area (Å²) in [5.41, 5.74) is 2.02. The van der Waals surface area contributed by atoms with Crippen LogP contribution in [0, 0.1) is 0 Å². The van der Waals surface area contributed by atoms with Crippen molar-refractivity contribution in [2.45, 2.75) is 32.5 Å². The predicted molar refractivity (Wildman–Crippen MR) is 54.5 cm³/mol. The maximum Gasteiger partial charge on any atom is 0.159 e. The van der Waals surface area contributed by atoms with E-state index < -0.39 is 0 Å². The fraction of sp³-hybridized carbons (Fsp3) is 0.417. The van der Waals surface area contributed by atoms with Crippen molar-refractivity contribution in [3.8, 4) is 0 Å². The molecule has 0 bridgehead atoms. The Balaban J connectivity index is 2.02. The second-order valence-corrected chi connectivity index (χ2v) is 3.84. The molecule has 0 N–H and O–H groups in total. The average molecular weight is 190 g/mol. The standard InChI is InChI=1S/C12H14O2/c1-8(13)11-5-3-10(4-6-11)7-12-9(2)14-12/h3-6,9,12H,7H2,1-2H3. The van der Waals surface area contributed by atoms with Crippen LogP contribution in [0.1, 0.15) is 29.8 Å². The molecular formula is C12H14O2. The van der Waals surface area contributed by atoms with Gasteiger partial charge in [-0.05, 0) is 19.4 Å². The molecule has 2 rings (SSSR count). The highest BCUT2D eigenvalue weighted by Gasteiger charge is 2.33. The number of rotatable bonds is 3. The summed E-state index contributed by atoms with van der Waals surface area (Å²) in [4.78, 5) is 11.0. The van der Waals surface area contributed by atoms with Crippen LogP contribution in [-0.2, 0) is 11.2 Å². The second-order valence-electron chi connectivity index (χ2n) is 3.84. The molecule has 0 radical (unpaired) electrons.